The molecule has 0 spiro atoms. The largest absolute Gasteiger partial charge is 0.332 e. The summed E-state index contributed by atoms with van der Waals surface area (Å²) < 4.78 is 0. The lowest BCUT2D eigenvalue weighted by atomic mass is 9.91. The third kappa shape index (κ3) is 3.55. The van der Waals surface area contributed by atoms with E-state index in [2.05, 4.69) is 6.92 Å². The van der Waals surface area contributed by atoms with Gasteiger partial charge >= 0.3 is 0 Å². The van der Waals surface area contributed by atoms with Crippen LogP contribution in [0.5, 0.6) is 0 Å². The van der Waals surface area contributed by atoms with E-state index in [1.54, 1.807) is 0 Å². The Kier molecular flexibility index (Phi) is 5.36. The Hall–Kier alpha value is -0.120. The minimum atomic E-state index is 1.00. The topological polar surface area (TPSA) is 13.3 Å². The van der Waals surface area contributed by atoms with Crippen molar-refractivity contribution in [2.24, 2.45) is 0 Å². The van der Waals surface area contributed by atoms with E-state index in [0.29, 0.717) is 0 Å². The highest BCUT2D eigenvalue weighted by Crippen LogP contribution is 2.16. The van der Waals surface area contributed by atoms with E-state index in [1.807, 2.05) is 14.7 Å². The minimum absolute atomic E-state index is 1.00. The molecule has 1 aliphatic carbocycles. The van der Waals surface area contributed by atoms with Gasteiger partial charge in [-0.25, -0.2) is 0 Å². The second-order valence-corrected chi connectivity index (χ2v) is 7.53. The Morgan fingerprint density at radius 3 is 1.80 bits per heavy atom. The first-order valence-electron chi connectivity index (χ1n) is 9.39. The molecule has 0 bridgehead atoms. The van der Waals surface area contributed by atoms with Crippen LogP contribution >= 0.6 is 0 Å². The van der Waals surface area contributed by atoms with Gasteiger partial charge in [0, 0.05) is 12.8 Å². The maximum Gasteiger partial charge on any atom is 0.127 e. The lowest BCUT2D eigenvalue weighted by Gasteiger charge is -2.40. The molecule has 0 atom stereocenters. The highest BCUT2D eigenvalue weighted by Gasteiger charge is 2.35. The highest BCUT2D eigenvalue weighted by atomic mass is 15.3. The molecule has 116 valence electrons. The van der Waals surface area contributed by atoms with Crippen molar-refractivity contribution in [3.63, 3.8) is 0 Å². The maximum absolute atomic E-state index is 2.34. The summed E-state index contributed by atoms with van der Waals surface area (Å²) in [6.45, 7) is 12.3. The monoisotopic (exact) mass is 282 g/mol. The number of hydrogen-bond donors (Lipinski definition) is 3. The summed E-state index contributed by atoms with van der Waals surface area (Å²) >= 11 is 0. The second kappa shape index (κ2) is 7.24. The molecule has 2 saturated heterocycles. The summed E-state index contributed by atoms with van der Waals surface area (Å²) in [5, 5.41) is 0. The molecule has 20 heavy (non-hydrogen) atoms. The third-order valence-corrected chi connectivity index (χ3v) is 6.49. The van der Waals surface area contributed by atoms with Crippen molar-refractivity contribution in [3.05, 3.63) is 0 Å². The van der Waals surface area contributed by atoms with Gasteiger partial charge in [-0.1, -0.05) is 6.42 Å². The number of quaternary nitrogens is 3. The molecule has 0 aromatic rings. The molecule has 0 aromatic carbocycles. The van der Waals surface area contributed by atoms with Gasteiger partial charge in [0.05, 0.1) is 31.7 Å². The van der Waals surface area contributed by atoms with E-state index in [0.717, 1.165) is 12.1 Å². The molecule has 3 nitrogen and oxygen atoms in total. The summed E-state index contributed by atoms with van der Waals surface area (Å²) in [5.41, 5.74) is 0. The molecule has 2 aliphatic heterocycles. The van der Waals surface area contributed by atoms with E-state index in [-0.39, 0.29) is 0 Å². The Bertz CT molecular complexity index is 272. The van der Waals surface area contributed by atoms with Crippen LogP contribution in [0.15, 0.2) is 0 Å². The van der Waals surface area contributed by atoms with Gasteiger partial charge in [-0.3, -0.25) is 0 Å². The van der Waals surface area contributed by atoms with E-state index < -0.39 is 0 Å². The molecule has 2 heterocycles. The van der Waals surface area contributed by atoms with Gasteiger partial charge in [-0.15, -0.1) is 0 Å². The fraction of sp³-hybridized carbons (Fsp3) is 1.00. The van der Waals surface area contributed by atoms with Crippen LogP contribution in [0.2, 0.25) is 0 Å². The summed E-state index contributed by atoms with van der Waals surface area (Å²) in [6, 6.07) is 2.03. The molecular formula is C17H36N3+3. The number of likely N-dealkylation sites (tertiary alicyclic amines) is 1. The van der Waals surface area contributed by atoms with Crippen LogP contribution in [0.25, 0.3) is 0 Å². The lowest BCUT2D eigenvalue weighted by Crippen LogP contribution is -3.30. The van der Waals surface area contributed by atoms with Crippen LogP contribution in [-0.4, -0.2) is 57.9 Å². The fourth-order valence-corrected chi connectivity index (χ4v) is 5.00. The van der Waals surface area contributed by atoms with Gasteiger partial charge in [-0.05, 0) is 32.6 Å². The standard InChI is InChI=1S/C17H33N3/c1-2-18-12-14-20(15-13-18)17-8-10-19(11-9-17)16-6-4-3-5-7-16/h16-17H,2-15H2,1H3/p+3. The van der Waals surface area contributed by atoms with Gasteiger partial charge in [0.15, 0.2) is 0 Å². The van der Waals surface area contributed by atoms with Gasteiger partial charge < -0.3 is 14.7 Å². The van der Waals surface area contributed by atoms with Crippen LogP contribution in [0.1, 0.15) is 51.9 Å². The van der Waals surface area contributed by atoms with E-state index >= 15 is 0 Å². The summed E-state index contributed by atoms with van der Waals surface area (Å²) in [4.78, 5) is 5.75. The van der Waals surface area contributed by atoms with Crippen LogP contribution in [0.3, 0.4) is 0 Å². The van der Waals surface area contributed by atoms with Crippen molar-refractivity contribution >= 4 is 0 Å². The van der Waals surface area contributed by atoms with E-state index in [9.17, 15) is 0 Å². The van der Waals surface area contributed by atoms with Gasteiger partial charge in [0.25, 0.3) is 0 Å². The fourth-order valence-electron chi connectivity index (χ4n) is 5.00. The highest BCUT2D eigenvalue weighted by molar-refractivity contribution is 4.68. The zero-order chi connectivity index (χ0) is 13.8. The zero-order valence-electron chi connectivity index (χ0n) is 13.6. The smallest absolute Gasteiger partial charge is 0.127 e. The van der Waals surface area contributed by atoms with E-state index in [1.165, 1.54) is 90.8 Å². The number of rotatable bonds is 3. The van der Waals surface area contributed by atoms with Crippen molar-refractivity contribution in [2.75, 3.05) is 45.8 Å². The SMILES string of the molecule is CC[NH+]1CC[NH+](C2CC[NH+](C3CCCCC3)CC2)CC1. The van der Waals surface area contributed by atoms with Crippen molar-refractivity contribution in [3.8, 4) is 0 Å². The van der Waals surface area contributed by atoms with Crippen molar-refractivity contribution in [1.29, 1.82) is 0 Å². The molecule has 1 saturated carbocycles. The number of piperazine rings is 1. The third-order valence-electron chi connectivity index (χ3n) is 6.49. The van der Waals surface area contributed by atoms with Gasteiger partial charge in [0.2, 0.25) is 0 Å². The lowest BCUT2D eigenvalue weighted by molar-refractivity contribution is -1.03. The number of hydrogen-bond acceptors (Lipinski definition) is 0. The quantitative estimate of drug-likeness (QED) is 0.539. The predicted octanol–water partition coefficient (Wildman–Crippen LogP) is -1.83. The summed E-state index contributed by atoms with van der Waals surface area (Å²) in [7, 11) is 0. The molecule has 3 aliphatic rings. The number of nitrogens with one attached hydrogen (secondary N) is 3. The summed E-state index contributed by atoms with van der Waals surface area (Å²) in [6.07, 6.45) is 10.6. The molecule has 3 fully saturated rings. The first-order valence-corrected chi connectivity index (χ1v) is 9.39. The zero-order valence-corrected chi connectivity index (χ0v) is 13.6. The van der Waals surface area contributed by atoms with Gasteiger partial charge in [-0.2, -0.15) is 0 Å². The molecule has 3 rings (SSSR count). The van der Waals surface area contributed by atoms with Crippen molar-refractivity contribution in [2.45, 2.75) is 64.0 Å². The minimum Gasteiger partial charge on any atom is -0.332 e. The van der Waals surface area contributed by atoms with Crippen molar-refractivity contribution < 1.29 is 14.7 Å². The molecule has 0 aromatic heterocycles. The molecule has 0 radical (unpaired) electrons. The normalized spacial score (nSPS) is 40.6. The first-order chi connectivity index (χ1) is 9.86. The van der Waals surface area contributed by atoms with Gasteiger partial charge in [0.1, 0.15) is 26.2 Å². The Morgan fingerprint density at radius 1 is 0.650 bits per heavy atom. The summed E-state index contributed by atoms with van der Waals surface area (Å²) in [5.74, 6) is 0. The maximum atomic E-state index is 2.34. The molecule has 0 amide bonds. The average Bonchev–Trinajstić information content (AvgIpc) is 2.56. The average molecular weight is 282 g/mol. The van der Waals surface area contributed by atoms with Crippen LogP contribution < -0.4 is 14.7 Å². The molecule has 0 unspecified atom stereocenters. The molecular weight excluding hydrogens is 246 g/mol. The number of piperidine rings is 1. The second-order valence-electron chi connectivity index (χ2n) is 7.53. The molecule has 3 heteroatoms. The van der Waals surface area contributed by atoms with Crippen LogP contribution in [-0.2, 0) is 0 Å². The molecule has 3 N–H and O–H groups in total. The number of likely N-dealkylation sites (N-methyl/N-ethyl adjacent to an activating group) is 1. The predicted molar refractivity (Wildman–Crippen MR) is 82.5 cm³/mol. The van der Waals surface area contributed by atoms with Crippen molar-refractivity contribution in [1.82, 2.24) is 0 Å². The first kappa shape index (κ1) is 14.8. The van der Waals surface area contributed by atoms with Crippen LogP contribution in [0, 0.1) is 0 Å². The Balaban J connectivity index is 1.42. The van der Waals surface area contributed by atoms with Crippen LogP contribution in [0.4, 0.5) is 0 Å². The Morgan fingerprint density at radius 2 is 1.20 bits per heavy atom. The van der Waals surface area contributed by atoms with E-state index in [4.69, 9.17) is 0 Å². The Labute approximate surface area is 125 Å².